The minimum Gasteiger partial charge on any atom is -0.383 e. The summed E-state index contributed by atoms with van der Waals surface area (Å²) in [6.07, 6.45) is 8.40. The molecule has 2 aliphatic rings. The van der Waals surface area contributed by atoms with Gasteiger partial charge in [0.15, 0.2) is 5.82 Å². The number of carbonyl (C=O) groups is 1. The van der Waals surface area contributed by atoms with Crippen LogP contribution in [-0.4, -0.2) is 60.1 Å². The van der Waals surface area contributed by atoms with Gasteiger partial charge in [-0.1, -0.05) is 12.8 Å². The molecule has 1 aliphatic carbocycles. The zero-order valence-corrected chi connectivity index (χ0v) is 14.5. The van der Waals surface area contributed by atoms with Gasteiger partial charge >= 0.3 is 6.03 Å². The van der Waals surface area contributed by atoms with Gasteiger partial charge in [0.2, 0.25) is 0 Å². The van der Waals surface area contributed by atoms with Gasteiger partial charge in [0.25, 0.3) is 0 Å². The highest BCUT2D eigenvalue weighted by molar-refractivity contribution is 5.88. The summed E-state index contributed by atoms with van der Waals surface area (Å²) in [5.41, 5.74) is 0. The van der Waals surface area contributed by atoms with E-state index in [0.29, 0.717) is 19.0 Å². The Bertz CT molecular complexity index is 527. The van der Waals surface area contributed by atoms with Crippen LogP contribution in [-0.2, 0) is 11.3 Å². The molecule has 0 spiro atoms. The van der Waals surface area contributed by atoms with E-state index >= 15 is 0 Å². The highest BCUT2D eigenvalue weighted by atomic mass is 16.5. The second-order valence-electron chi connectivity index (χ2n) is 6.95. The second-order valence-corrected chi connectivity index (χ2v) is 6.95. The van der Waals surface area contributed by atoms with E-state index in [0.717, 1.165) is 25.4 Å². The van der Waals surface area contributed by atoms with Crippen LogP contribution in [0.2, 0.25) is 0 Å². The van der Waals surface area contributed by atoms with E-state index in [4.69, 9.17) is 4.74 Å². The highest BCUT2D eigenvalue weighted by Crippen LogP contribution is 2.26. The maximum absolute atomic E-state index is 12.1. The number of amides is 2. The van der Waals surface area contributed by atoms with Crippen molar-refractivity contribution < 1.29 is 9.53 Å². The van der Waals surface area contributed by atoms with Gasteiger partial charge < -0.3 is 15.0 Å². The van der Waals surface area contributed by atoms with Crippen LogP contribution in [0.3, 0.4) is 0 Å². The number of ether oxygens (including phenoxy) is 1. The molecule has 1 aliphatic heterocycles. The highest BCUT2D eigenvalue weighted by Gasteiger charge is 2.27. The van der Waals surface area contributed by atoms with E-state index in [1.165, 1.54) is 32.2 Å². The molecule has 2 amide bonds. The third kappa shape index (κ3) is 4.95. The lowest BCUT2D eigenvalue weighted by Crippen LogP contribution is -2.40. The molecule has 0 bridgehead atoms. The quantitative estimate of drug-likeness (QED) is 0.798. The molecule has 2 heterocycles. The van der Waals surface area contributed by atoms with Crippen molar-refractivity contribution >= 4 is 11.8 Å². The van der Waals surface area contributed by atoms with Crippen molar-refractivity contribution in [1.29, 1.82) is 0 Å². The first-order valence-electron chi connectivity index (χ1n) is 9.05. The number of aromatic nitrogens is 2. The minimum absolute atomic E-state index is 0.167. The third-order valence-electron chi connectivity index (χ3n) is 5.01. The Labute approximate surface area is 143 Å². The summed E-state index contributed by atoms with van der Waals surface area (Å²) in [5.74, 6) is 1.44. The van der Waals surface area contributed by atoms with Gasteiger partial charge in [0.1, 0.15) is 0 Å². The van der Waals surface area contributed by atoms with Gasteiger partial charge in [-0.25, -0.2) is 4.79 Å². The van der Waals surface area contributed by atoms with Crippen molar-refractivity contribution in [2.24, 2.45) is 5.92 Å². The number of hydrogen-bond donors (Lipinski definition) is 2. The number of carbonyl (C=O) groups excluding carboxylic acids is 1. The lowest BCUT2D eigenvalue weighted by atomic mass is 10.1. The molecule has 1 saturated heterocycles. The molecule has 7 heteroatoms. The summed E-state index contributed by atoms with van der Waals surface area (Å²) >= 11 is 0. The van der Waals surface area contributed by atoms with Crippen molar-refractivity contribution in [3.8, 4) is 0 Å². The van der Waals surface area contributed by atoms with Gasteiger partial charge in [-0.3, -0.25) is 10.00 Å². The molecule has 24 heavy (non-hydrogen) atoms. The van der Waals surface area contributed by atoms with Crippen molar-refractivity contribution in [1.82, 2.24) is 20.0 Å². The average molecular weight is 335 g/mol. The SMILES string of the molecule is COCCn1ccc(NC(=O)N[C@@H]2CCN(CC3CCCC3)C2)n1. The normalized spacial score (nSPS) is 22.1. The molecule has 1 saturated carbocycles. The second kappa shape index (κ2) is 8.48. The first kappa shape index (κ1) is 17.2. The first-order valence-corrected chi connectivity index (χ1v) is 9.05. The standard InChI is InChI=1S/C17H29N5O2/c1-24-11-10-22-9-7-16(20-22)19-17(23)18-15-6-8-21(13-15)12-14-4-2-3-5-14/h7,9,14-15H,2-6,8,10-13H2,1H3,(H2,18,19,20,23)/t15-/m1/s1. The lowest BCUT2D eigenvalue weighted by Gasteiger charge is -2.20. The monoisotopic (exact) mass is 335 g/mol. The molecular formula is C17H29N5O2. The Morgan fingerprint density at radius 3 is 3.00 bits per heavy atom. The molecule has 1 atom stereocenters. The van der Waals surface area contributed by atoms with Crippen LogP contribution in [0.4, 0.5) is 10.6 Å². The Hall–Kier alpha value is -1.60. The Kier molecular flexibility index (Phi) is 6.09. The number of likely N-dealkylation sites (tertiary alicyclic amines) is 1. The predicted molar refractivity (Wildman–Crippen MR) is 93.1 cm³/mol. The maximum Gasteiger partial charge on any atom is 0.320 e. The summed E-state index contributed by atoms with van der Waals surface area (Å²) in [6.45, 7) is 4.54. The van der Waals surface area contributed by atoms with Crippen LogP contribution in [0.5, 0.6) is 0 Å². The van der Waals surface area contributed by atoms with Gasteiger partial charge in [0, 0.05) is 45.0 Å². The molecule has 1 aromatic heterocycles. The van der Waals surface area contributed by atoms with Crippen LogP contribution in [0.1, 0.15) is 32.1 Å². The number of hydrogen-bond acceptors (Lipinski definition) is 4. The molecular weight excluding hydrogens is 306 g/mol. The van der Waals surface area contributed by atoms with Crippen molar-refractivity contribution in [2.45, 2.75) is 44.7 Å². The van der Waals surface area contributed by atoms with Crippen LogP contribution in [0, 0.1) is 5.92 Å². The Balaban J connectivity index is 1.38. The molecule has 0 aromatic carbocycles. The van der Waals surface area contributed by atoms with Crippen LogP contribution < -0.4 is 10.6 Å². The number of rotatable bonds is 7. The van der Waals surface area contributed by atoms with Gasteiger partial charge in [-0.05, 0) is 25.2 Å². The average Bonchev–Trinajstić information content (AvgIpc) is 3.29. The Morgan fingerprint density at radius 2 is 2.21 bits per heavy atom. The summed E-state index contributed by atoms with van der Waals surface area (Å²) in [5, 5.41) is 10.2. The van der Waals surface area contributed by atoms with Crippen LogP contribution in [0.15, 0.2) is 12.3 Å². The van der Waals surface area contributed by atoms with Gasteiger partial charge in [-0.2, -0.15) is 5.10 Å². The van der Waals surface area contributed by atoms with E-state index < -0.39 is 0 Å². The summed E-state index contributed by atoms with van der Waals surface area (Å²) in [6, 6.07) is 1.87. The number of urea groups is 1. The zero-order valence-electron chi connectivity index (χ0n) is 14.5. The van der Waals surface area contributed by atoms with E-state index in [9.17, 15) is 4.79 Å². The van der Waals surface area contributed by atoms with Crippen molar-refractivity contribution in [3.63, 3.8) is 0 Å². The first-order chi connectivity index (χ1) is 11.7. The third-order valence-corrected chi connectivity index (χ3v) is 5.01. The smallest absolute Gasteiger partial charge is 0.320 e. The number of nitrogens with zero attached hydrogens (tertiary/aromatic N) is 3. The van der Waals surface area contributed by atoms with E-state index in [1.807, 2.05) is 6.20 Å². The van der Waals surface area contributed by atoms with Gasteiger partial charge in [-0.15, -0.1) is 0 Å². The number of methoxy groups -OCH3 is 1. The van der Waals surface area contributed by atoms with E-state index in [-0.39, 0.29) is 12.1 Å². The molecule has 2 fully saturated rings. The summed E-state index contributed by atoms with van der Waals surface area (Å²) in [4.78, 5) is 14.6. The molecule has 2 N–H and O–H groups in total. The number of anilines is 1. The predicted octanol–water partition coefficient (Wildman–Crippen LogP) is 1.92. The van der Waals surface area contributed by atoms with Crippen molar-refractivity contribution in [2.75, 3.05) is 38.7 Å². The molecule has 3 rings (SSSR count). The van der Waals surface area contributed by atoms with Gasteiger partial charge in [0.05, 0.1) is 13.2 Å². The Morgan fingerprint density at radius 1 is 1.38 bits per heavy atom. The largest absolute Gasteiger partial charge is 0.383 e. The fraction of sp³-hybridized carbons (Fsp3) is 0.765. The minimum atomic E-state index is -0.167. The fourth-order valence-electron chi connectivity index (χ4n) is 3.75. The van der Waals surface area contributed by atoms with Crippen LogP contribution >= 0.6 is 0 Å². The molecule has 0 radical (unpaired) electrons. The van der Waals surface area contributed by atoms with Crippen molar-refractivity contribution in [3.05, 3.63) is 12.3 Å². The van der Waals surface area contributed by atoms with Crippen LogP contribution in [0.25, 0.3) is 0 Å². The molecule has 1 aromatic rings. The van der Waals surface area contributed by atoms with E-state index in [1.54, 1.807) is 17.9 Å². The molecule has 0 unspecified atom stereocenters. The maximum atomic E-state index is 12.1. The zero-order chi connectivity index (χ0) is 16.8. The summed E-state index contributed by atoms with van der Waals surface area (Å²) < 4.78 is 6.78. The topological polar surface area (TPSA) is 71.4 Å². The fourth-order valence-corrected chi connectivity index (χ4v) is 3.75. The van der Waals surface area contributed by atoms with E-state index in [2.05, 4.69) is 20.6 Å². The molecule has 7 nitrogen and oxygen atoms in total. The molecule has 134 valence electrons. The number of nitrogens with one attached hydrogen (secondary N) is 2. The lowest BCUT2D eigenvalue weighted by molar-refractivity contribution is 0.183. The summed E-state index contributed by atoms with van der Waals surface area (Å²) in [7, 11) is 1.66.